The number of carbonyl (C=O) groups excluding carboxylic acids is 4. The Kier molecular flexibility index (Phi) is 72.4. The Balaban J connectivity index is 5.43. The van der Waals surface area contributed by atoms with Crippen molar-refractivity contribution in [2.75, 3.05) is 39.6 Å². The lowest BCUT2D eigenvalue weighted by atomic mass is 10.1. The highest BCUT2D eigenvalue weighted by atomic mass is 31.2. The van der Waals surface area contributed by atoms with E-state index in [0.717, 1.165) is 180 Å². The first-order valence-electron chi connectivity index (χ1n) is 40.1. The molecule has 0 spiro atoms. The lowest BCUT2D eigenvalue weighted by Crippen LogP contribution is -2.30. The molecule has 0 rings (SSSR count). The number of ether oxygens (including phenoxy) is 4. The average Bonchev–Trinajstić information content (AvgIpc) is 0.928. The summed E-state index contributed by atoms with van der Waals surface area (Å²) in [6, 6.07) is 0. The van der Waals surface area contributed by atoms with Crippen LogP contribution in [0.5, 0.6) is 0 Å². The third-order valence-electron chi connectivity index (χ3n) is 16.3. The first-order chi connectivity index (χ1) is 50.7. The summed E-state index contributed by atoms with van der Waals surface area (Å²) in [6.45, 7) is 4.51. The van der Waals surface area contributed by atoms with Gasteiger partial charge in [-0.25, -0.2) is 9.13 Å². The molecule has 104 heavy (non-hydrogen) atoms. The van der Waals surface area contributed by atoms with E-state index in [1.807, 2.05) is 0 Å². The van der Waals surface area contributed by atoms with Crippen LogP contribution in [0.25, 0.3) is 0 Å². The van der Waals surface area contributed by atoms with Crippen LogP contribution in [0.15, 0.2) is 146 Å². The van der Waals surface area contributed by atoms with E-state index in [1.165, 1.54) is 51.4 Å². The molecule has 594 valence electrons. The van der Waals surface area contributed by atoms with E-state index in [-0.39, 0.29) is 25.7 Å². The molecule has 3 N–H and O–H groups in total. The fourth-order valence-corrected chi connectivity index (χ4v) is 11.8. The number of unbranched alkanes of at least 4 members (excludes halogenated alkanes) is 24. The van der Waals surface area contributed by atoms with Crippen molar-refractivity contribution >= 4 is 39.5 Å². The van der Waals surface area contributed by atoms with Gasteiger partial charge in [-0.2, -0.15) is 0 Å². The largest absolute Gasteiger partial charge is 0.472 e. The number of rotatable bonds is 74. The number of phosphoric acid groups is 2. The molecule has 19 heteroatoms. The third kappa shape index (κ3) is 75.2. The topological polar surface area (TPSA) is 237 Å². The highest BCUT2D eigenvalue weighted by molar-refractivity contribution is 7.47. The van der Waals surface area contributed by atoms with Crippen LogP contribution in [-0.2, 0) is 65.4 Å². The number of aliphatic hydroxyl groups excluding tert-OH is 1. The second-order valence-electron chi connectivity index (χ2n) is 26.2. The molecule has 0 aliphatic rings. The molecule has 5 atom stereocenters. The first-order valence-corrected chi connectivity index (χ1v) is 43.1. The molecule has 0 fully saturated rings. The Morgan fingerprint density at radius 3 is 0.817 bits per heavy atom. The van der Waals surface area contributed by atoms with Crippen molar-refractivity contribution in [1.82, 2.24) is 0 Å². The van der Waals surface area contributed by atoms with Crippen LogP contribution < -0.4 is 0 Å². The SMILES string of the molecule is CC/C=C\C/C=C\C/C=C\C/C=C\C/C=C\CCCCCC(=O)OCC(COP(=O)(O)OCC(O)COP(=O)(O)OCC(COC(=O)CCCCCCC/C=C\CCCCCCCC)OC(=O)CCCCCCC/C=C\CCCC)OC(=O)CCCCC/C=C\C/C=C\C/C=C\C/C=C\C/C=C\CC. The Morgan fingerprint density at radius 1 is 0.279 bits per heavy atom. The smallest absolute Gasteiger partial charge is 0.462 e. The monoisotopic (exact) mass is 1500 g/mol. The van der Waals surface area contributed by atoms with Crippen molar-refractivity contribution in [1.29, 1.82) is 0 Å². The van der Waals surface area contributed by atoms with Crippen molar-refractivity contribution < 1.29 is 80.2 Å². The van der Waals surface area contributed by atoms with Crippen molar-refractivity contribution in [2.45, 2.75) is 329 Å². The zero-order chi connectivity index (χ0) is 76.0. The van der Waals surface area contributed by atoms with E-state index < -0.39 is 97.5 Å². The molecular formula is C85H142O17P2. The van der Waals surface area contributed by atoms with E-state index in [1.54, 1.807) is 0 Å². The maximum atomic E-state index is 13.1. The van der Waals surface area contributed by atoms with Crippen LogP contribution in [0.4, 0.5) is 0 Å². The molecule has 0 amide bonds. The minimum Gasteiger partial charge on any atom is -0.462 e. The summed E-state index contributed by atoms with van der Waals surface area (Å²) >= 11 is 0. The number of phosphoric ester groups is 2. The average molecular weight is 1500 g/mol. The minimum absolute atomic E-state index is 0.0431. The molecular weight excluding hydrogens is 1350 g/mol. The van der Waals surface area contributed by atoms with Crippen molar-refractivity contribution in [3.05, 3.63) is 146 Å². The van der Waals surface area contributed by atoms with Crippen LogP contribution in [-0.4, -0.2) is 96.7 Å². The van der Waals surface area contributed by atoms with Crippen molar-refractivity contribution in [2.24, 2.45) is 0 Å². The second-order valence-corrected chi connectivity index (χ2v) is 29.1. The van der Waals surface area contributed by atoms with Gasteiger partial charge in [0.05, 0.1) is 26.4 Å². The molecule has 0 radical (unpaired) electrons. The number of esters is 4. The van der Waals surface area contributed by atoms with E-state index in [4.69, 9.17) is 37.0 Å². The van der Waals surface area contributed by atoms with E-state index in [0.29, 0.717) is 25.7 Å². The summed E-state index contributed by atoms with van der Waals surface area (Å²) in [5.74, 6) is -2.27. The Bertz CT molecular complexity index is 2540. The van der Waals surface area contributed by atoms with Crippen LogP contribution in [0.2, 0.25) is 0 Å². The summed E-state index contributed by atoms with van der Waals surface area (Å²) in [4.78, 5) is 73.0. The maximum absolute atomic E-state index is 13.1. The molecule has 0 saturated carbocycles. The van der Waals surface area contributed by atoms with Gasteiger partial charge in [-0.1, -0.05) is 270 Å². The first kappa shape index (κ1) is 98.9. The number of hydrogen-bond donors (Lipinski definition) is 3. The molecule has 0 aromatic heterocycles. The van der Waals surface area contributed by atoms with Gasteiger partial charge in [-0.05, 0) is 161 Å². The Hall–Kier alpha value is -5.06. The summed E-state index contributed by atoms with van der Waals surface area (Å²) < 4.78 is 68.5. The quantitative estimate of drug-likeness (QED) is 0.0169. The number of carbonyl (C=O) groups is 4. The number of allylic oxidation sites excluding steroid dienone is 24. The van der Waals surface area contributed by atoms with Crippen molar-refractivity contribution in [3.63, 3.8) is 0 Å². The highest BCUT2D eigenvalue weighted by Crippen LogP contribution is 2.45. The van der Waals surface area contributed by atoms with Crippen LogP contribution >= 0.6 is 15.6 Å². The van der Waals surface area contributed by atoms with Crippen LogP contribution in [0.1, 0.15) is 310 Å². The highest BCUT2D eigenvalue weighted by Gasteiger charge is 2.30. The van der Waals surface area contributed by atoms with E-state index in [9.17, 15) is 43.2 Å². The Morgan fingerprint density at radius 2 is 0.510 bits per heavy atom. The second kappa shape index (κ2) is 76.1. The molecule has 0 heterocycles. The van der Waals surface area contributed by atoms with Gasteiger partial charge >= 0.3 is 39.5 Å². The van der Waals surface area contributed by atoms with Gasteiger partial charge in [0.1, 0.15) is 19.3 Å². The lowest BCUT2D eigenvalue weighted by molar-refractivity contribution is -0.161. The molecule has 17 nitrogen and oxygen atoms in total. The lowest BCUT2D eigenvalue weighted by Gasteiger charge is -2.21. The molecule has 0 aromatic carbocycles. The van der Waals surface area contributed by atoms with E-state index >= 15 is 0 Å². The van der Waals surface area contributed by atoms with Gasteiger partial charge in [-0.15, -0.1) is 0 Å². The standard InChI is InChI=1S/C85H142O17P2/c1-5-9-13-17-21-25-29-32-35-37-39-41-44-47-51-54-58-62-66-70-83(88)96-76-81(102-85(90)72-68-64-60-56-52-48-45-42-40-38-36-33-30-26-22-18-14-10-6-2)78-100-104(93,94)98-74-79(86)73-97-103(91,92)99-77-80(101-84(89)71-67-63-59-55-49-28-24-20-16-12-8-4)75-95-82(87)69-65-61-57-53-50-46-43-34-31-27-23-19-15-11-7-3/h9-10,13-14,20-22,24-26,32-36,39-43,47-48,51-52,79-81,86H,5-8,11-12,15-19,23,27-31,37-38,44-46,49-50,53-78H2,1-4H3,(H,91,92)(H,93,94)/b13-9-,14-10-,24-20-,25-21-,26-22-,35-32-,36-33-,41-39-,42-40-,43-34-,51-47-,52-48-. The van der Waals surface area contributed by atoms with Crippen LogP contribution in [0.3, 0.4) is 0 Å². The third-order valence-corrected chi connectivity index (χ3v) is 18.2. The summed E-state index contributed by atoms with van der Waals surface area (Å²) in [7, 11) is -9.99. The number of hydrogen-bond acceptors (Lipinski definition) is 15. The molecule has 0 aliphatic heterocycles. The summed E-state index contributed by atoms with van der Waals surface area (Å²) in [5, 5.41) is 10.6. The predicted octanol–water partition coefficient (Wildman–Crippen LogP) is 23.4. The fraction of sp³-hybridized carbons (Fsp3) is 0.671. The van der Waals surface area contributed by atoms with Gasteiger partial charge in [0.25, 0.3) is 0 Å². The van der Waals surface area contributed by atoms with Gasteiger partial charge in [0.15, 0.2) is 12.2 Å². The van der Waals surface area contributed by atoms with Gasteiger partial charge in [0.2, 0.25) is 0 Å². The predicted molar refractivity (Wildman–Crippen MR) is 427 cm³/mol. The zero-order valence-corrected chi connectivity index (χ0v) is 66.7. The molecule has 0 aliphatic carbocycles. The summed E-state index contributed by atoms with van der Waals surface area (Å²) in [5.41, 5.74) is 0. The van der Waals surface area contributed by atoms with Gasteiger partial charge in [-0.3, -0.25) is 37.3 Å². The molecule has 0 bridgehead atoms. The van der Waals surface area contributed by atoms with Gasteiger partial charge < -0.3 is 33.8 Å². The molecule has 0 aromatic rings. The van der Waals surface area contributed by atoms with Crippen molar-refractivity contribution in [3.8, 4) is 0 Å². The zero-order valence-electron chi connectivity index (χ0n) is 64.9. The van der Waals surface area contributed by atoms with Crippen LogP contribution in [0, 0.1) is 0 Å². The molecule has 5 unspecified atom stereocenters. The summed E-state index contributed by atoms with van der Waals surface area (Å²) in [6.07, 6.45) is 86.9. The Labute approximate surface area is 630 Å². The fourth-order valence-electron chi connectivity index (χ4n) is 10.2. The number of aliphatic hydroxyl groups is 1. The molecule has 0 saturated heterocycles. The van der Waals surface area contributed by atoms with Gasteiger partial charge in [0, 0.05) is 25.7 Å². The normalized spacial score (nSPS) is 14.6. The minimum atomic E-state index is -5.00. The maximum Gasteiger partial charge on any atom is 0.472 e. The van der Waals surface area contributed by atoms with E-state index in [2.05, 4.69) is 174 Å².